The van der Waals surface area contributed by atoms with Crippen molar-refractivity contribution in [1.82, 2.24) is 5.32 Å². The molecule has 2 atom stereocenters. The Morgan fingerprint density at radius 3 is 3.00 bits per heavy atom. The fraction of sp³-hybridized carbons (Fsp3) is 0.579. The highest BCUT2D eigenvalue weighted by atomic mass is 16.5. The van der Waals surface area contributed by atoms with Gasteiger partial charge in [0.05, 0.1) is 6.61 Å². The lowest BCUT2D eigenvalue weighted by molar-refractivity contribution is 0.178. The molecule has 1 heterocycles. The van der Waals surface area contributed by atoms with Gasteiger partial charge in [-0.05, 0) is 43.9 Å². The zero-order valence-corrected chi connectivity index (χ0v) is 13.3. The second-order valence-electron chi connectivity index (χ2n) is 5.97. The fourth-order valence-corrected chi connectivity index (χ4v) is 3.21. The van der Waals surface area contributed by atoms with E-state index in [1.165, 1.54) is 31.2 Å². The molecule has 2 heteroatoms. The van der Waals surface area contributed by atoms with Crippen LogP contribution >= 0.6 is 0 Å². The molecule has 1 aliphatic heterocycles. The Morgan fingerprint density at radius 2 is 2.19 bits per heavy atom. The summed E-state index contributed by atoms with van der Waals surface area (Å²) in [6.07, 6.45) is 9.43. The van der Waals surface area contributed by atoms with Gasteiger partial charge in [-0.3, -0.25) is 0 Å². The van der Waals surface area contributed by atoms with Gasteiger partial charge < -0.3 is 10.1 Å². The molecule has 0 bridgehead atoms. The summed E-state index contributed by atoms with van der Waals surface area (Å²) in [5.41, 5.74) is 1.36. The molecule has 116 valence electrons. The SMILES string of the molecule is C=CCCCCCC(NCC)C1COc2ccccc2C1. The normalized spacial score (nSPS) is 18.6. The van der Waals surface area contributed by atoms with E-state index < -0.39 is 0 Å². The molecule has 2 unspecified atom stereocenters. The summed E-state index contributed by atoms with van der Waals surface area (Å²) in [7, 11) is 0. The first-order valence-corrected chi connectivity index (χ1v) is 8.40. The van der Waals surface area contributed by atoms with E-state index in [1.54, 1.807) is 0 Å². The molecule has 1 N–H and O–H groups in total. The maximum atomic E-state index is 5.95. The third-order valence-corrected chi connectivity index (χ3v) is 4.37. The second-order valence-corrected chi connectivity index (χ2v) is 5.97. The lowest BCUT2D eigenvalue weighted by Crippen LogP contribution is -2.41. The Balaban J connectivity index is 1.85. The first kappa shape index (κ1) is 16.1. The van der Waals surface area contributed by atoms with Crippen molar-refractivity contribution >= 4 is 0 Å². The van der Waals surface area contributed by atoms with Crippen molar-refractivity contribution < 1.29 is 4.74 Å². The van der Waals surface area contributed by atoms with Gasteiger partial charge in [0, 0.05) is 12.0 Å². The minimum Gasteiger partial charge on any atom is -0.493 e. The third kappa shape index (κ3) is 4.89. The Kier molecular flexibility index (Phi) is 6.81. The van der Waals surface area contributed by atoms with Gasteiger partial charge in [0.1, 0.15) is 5.75 Å². The zero-order valence-electron chi connectivity index (χ0n) is 13.3. The van der Waals surface area contributed by atoms with Crippen molar-refractivity contribution in [1.29, 1.82) is 0 Å². The van der Waals surface area contributed by atoms with Crippen molar-refractivity contribution in [3.05, 3.63) is 42.5 Å². The van der Waals surface area contributed by atoms with Crippen molar-refractivity contribution in [3.63, 3.8) is 0 Å². The average Bonchev–Trinajstić information content (AvgIpc) is 2.53. The van der Waals surface area contributed by atoms with Gasteiger partial charge in [0.15, 0.2) is 0 Å². The van der Waals surface area contributed by atoms with Crippen LogP contribution in [0.15, 0.2) is 36.9 Å². The van der Waals surface area contributed by atoms with E-state index in [0.717, 1.165) is 31.7 Å². The number of rotatable bonds is 9. The minimum absolute atomic E-state index is 0.576. The maximum absolute atomic E-state index is 5.95. The molecule has 1 aliphatic rings. The van der Waals surface area contributed by atoms with Crippen molar-refractivity contribution in [3.8, 4) is 5.75 Å². The lowest BCUT2D eigenvalue weighted by atomic mass is 9.87. The van der Waals surface area contributed by atoms with Crippen LogP contribution in [-0.4, -0.2) is 19.2 Å². The molecule has 0 amide bonds. The molecule has 1 aromatic carbocycles. The average molecular weight is 287 g/mol. The predicted octanol–water partition coefficient (Wildman–Crippen LogP) is 4.35. The Hall–Kier alpha value is -1.28. The third-order valence-electron chi connectivity index (χ3n) is 4.37. The lowest BCUT2D eigenvalue weighted by Gasteiger charge is -2.32. The number of fused-ring (bicyclic) bond motifs is 1. The standard InChI is InChI=1S/C19H29NO/c1-3-5-6-7-8-12-18(20-4-2)17-14-16-11-9-10-13-19(16)21-15-17/h3,9-11,13,17-18,20H,1,4-8,12,14-15H2,2H3. The Bertz CT molecular complexity index is 429. The molecule has 0 spiro atoms. The summed E-state index contributed by atoms with van der Waals surface area (Å²) < 4.78 is 5.95. The van der Waals surface area contributed by atoms with Gasteiger partial charge in [-0.15, -0.1) is 6.58 Å². The van der Waals surface area contributed by atoms with Gasteiger partial charge in [0.25, 0.3) is 0 Å². The number of hydrogen-bond donors (Lipinski definition) is 1. The molecule has 21 heavy (non-hydrogen) atoms. The predicted molar refractivity (Wildman–Crippen MR) is 89.9 cm³/mol. The van der Waals surface area contributed by atoms with Crippen LogP contribution in [0.25, 0.3) is 0 Å². The smallest absolute Gasteiger partial charge is 0.122 e. The van der Waals surface area contributed by atoms with E-state index >= 15 is 0 Å². The molecule has 0 saturated heterocycles. The van der Waals surface area contributed by atoms with Gasteiger partial charge in [-0.25, -0.2) is 0 Å². The highest BCUT2D eigenvalue weighted by Gasteiger charge is 2.26. The van der Waals surface area contributed by atoms with E-state index in [-0.39, 0.29) is 0 Å². The van der Waals surface area contributed by atoms with Gasteiger partial charge in [-0.2, -0.15) is 0 Å². The van der Waals surface area contributed by atoms with Gasteiger partial charge in [0.2, 0.25) is 0 Å². The molecule has 0 saturated carbocycles. The molecule has 2 rings (SSSR count). The van der Waals surface area contributed by atoms with Crippen LogP contribution in [0.3, 0.4) is 0 Å². The first-order valence-electron chi connectivity index (χ1n) is 8.40. The topological polar surface area (TPSA) is 21.3 Å². The second kappa shape index (κ2) is 8.89. The molecule has 2 nitrogen and oxygen atoms in total. The molecular weight excluding hydrogens is 258 g/mol. The highest BCUT2D eigenvalue weighted by molar-refractivity contribution is 5.35. The van der Waals surface area contributed by atoms with Crippen molar-refractivity contribution in [2.75, 3.05) is 13.2 Å². The molecule has 0 aliphatic carbocycles. The summed E-state index contributed by atoms with van der Waals surface area (Å²) in [6.45, 7) is 7.87. The molecule has 1 aromatic rings. The number of unbranched alkanes of at least 4 members (excludes halogenated alkanes) is 3. The minimum atomic E-state index is 0.576. The van der Waals surface area contributed by atoms with Crippen molar-refractivity contribution in [2.45, 2.75) is 51.5 Å². The van der Waals surface area contributed by atoms with E-state index in [1.807, 2.05) is 6.08 Å². The van der Waals surface area contributed by atoms with Crippen LogP contribution in [0, 0.1) is 5.92 Å². The van der Waals surface area contributed by atoms with Crippen LogP contribution in [0.2, 0.25) is 0 Å². The number of nitrogens with one attached hydrogen (secondary N) is 1. The van der Waals surface area contributed by atoms with E-state index in [4.69, 9.17) is 4.74 Å². The summed E-state index contributed by atoms with van der Waals surface area (Å²) in [6, 6.07) is 9.03. The molecule has 0 fully saturated rings. The summed E-state index contributed by atoms with van der Waals surface area (Å²) >= 11 is 0. The van der Waals surface area contributed by atoms with Crippen LogP contribution < -0.4 is 10.1 Å². The van der Waals surface area contributed by atoms with E-state index in [9.17, 15) is 0 Å². The molecule has 0 aromatic heterocycles. The monoisotopic (exact) mass is 287 g/mol. The van der Waals surface area contributed by atoms with Crippen LogP contribution in [0.5, 0.6) is 5.75 Å². The van der Waals surface area contributed by atoms with Crippen LogP contribution in [-0.2, 0) is 6.42 Å². The van der Waals surface area contributed by atoms with Crippen molar-refractivity contribution in [2.24, 2.45) is 5.92 Å². The summed E-state index contributed by atoms with van der Waals surface area (Å²) in [4.78, 5) is 0. The van der Waals surface area contributed by atoms with Gasteiger partial charge in [-0.1, -0.05) is 44.0 Å². The van der Waals surface area contributed by atoms with E-state index in [0.29, 0.717) is 12.0 Å². The molecular formula is C19H29NO. The molecule has 0 radical (unpaired) electrons. The summed E-state index contributed by atoms with van der Waals surface area (Å²) in [5.74, 6) is 1.68. The quantitative estimate of drug-likeness (QED) is 0.538. The highest BCUT2D eigenvalue weighted by Crippen LogP contribution is 2.29. The number of allylic oxidation sites excluding steroid dienone is 1. The Labute approximate surface area is 129 Å². The maximum Gasteiger partial charge on any atom is 0.122 e. The van der Waals surface area contributed by atoms with Crippen LogP contribution in [0.4, 0.5) is 0 Å². The number of benzene rings is 1. The number of para-hydroxylation sites is 1. The zero-order chi connectivity index (χ0) is 14.9. The Morgan fingerprint density at radius 1 is 1.33 bits per heavy atom. The number of hydrogen-bond acceptors (Lipinski definition) is 2. The van der Waals surface area contributed by atoms with E-state index in [2.05, 4.69) is 43.1 Å². The largest absolute Gasteiger partial charge is 0.493 e. The van der Waals surface area contributed by atoms with Crippen LogP contribution in [0.1, 0.15) is 44.6 Å². The first-order chi connectivity index (χ1) is 10.3. The fourth-order valence-electron chi connectivity index (χ4n) is 3.21. The van der Waals surface area contributed by atoms with Gasteiger partial charge >= 0.3 is 0 Å². The summed E-state index contributed by atoms with van der Waals surface area (Å²) in [5, 5.41) is 3.67. The number of ether oxygens (including phenoxy) is 1.